The largest absolute Gasteiger partial charge is 0.383 e. The van der Waals surface area contributed by atoms with Crippen molar-refractivity contribution in [3.8, 4) is 11.3 Å². The predicted octanol–water partition coefficient (Wildman–Crippen LogP) is 3.64. The van der Waals surface area contributed by atoms with Crippen molar-refractivity contribution in [3.05, 3.63) is 42.4 Å². The highest BCUT2D eigenvalue weighted by Gasteiger charge is 2.16. The average molecular weight is 280 g/mol. The number of nitrogens with zero attached hydrogens (tertiary/aromatic N) is 3. The number of pyridine rings is 1. The molecule has 0 unspecified atom stereocenters. The van der Waals surface area contributed by atoms with Gasteiger partial charge in [0.2, 0.25) is 0 Å². The topological polar surface area (TPSA) is 56.7 Å². The van der Waals surface area contributed by atoms with Crippen LogP contribution in [0.3, 0.4) is 0 Å². The van der Waals surface area contributed by atoms with Gasteiger partial charge >= 0.3 is 0 Å². The molecule has 0 spiro atoms. The number of hydrogen-bond acceptors (Lipinski definition) is 3. The summed E-state index contributed by atoms with van der Waals surface area (Å²) in [5.41, 5.74) is 9.12. The fourth-order valence-electron chi connectivity index (χ4n) is 2.67. The number of aromatic nitrogens is 3. The Balaban J connectivity index is 2.20. The van der Waals surface area contributed by atoms with Gasteiger partial charge in [0.1, 0.15) is 17.3 Å². The summed E-state index contributed by atoms with van der Waals surface area (Å²) < 4.78 is 2.09. The maximum atomic E-state index is 6.35. The molecule has 0 amide bonds. The second-order valence-electron chi connectivity index (χ2n) is 5.78. The standard InChI is InChI=1S/C17H20N4/c1-11(2)10-21-12(3)20-16(17(21)18)14-8-4-6-13-7-5-9-19-15(13)14/h4-9,11H,10,18H2,1-3H3. The van der Waals surface area contributed by atoms with Gasteiger partial charge in [-0.2, -0.15) is 0 Å². The molecule has 0 fully saturated rings. The second kappa shape index (κ2) is 5.20. The lowest BCUT2D eigenvalue weighted by atomic mass is 10.1. The number of fused-ring (bicyclic) bond motifs is 1. The van der Waals surface area contributed by atoms with Crippen LogP contribution in [0, 0.1) is 12.8 Å². The molecule has 0 aliphatic rings. The van der Waals surface area contributed by atoms with Crippen molar-refractivity contribution in [1.82, 2.24) is 14.5 Å². The lowest BCUT2D eigenvalue weighted by molar-refractivity contribution is 0.518. The molecule has 4 heteroatoms. The van der Waals surface area contributed by atoms with E-state index in [1.807, 2.05) is 25.1 Å². The fraction of sp³-hybridized carbons (Fsp3) is 0.294. The van der Waals surface area contributed by atoms with Crippen LogP contribution in [0.15, 0.2) is 36.5 Å². The number of hydrogen-bond donors (Lipinski definition) is 1. The molecule has 1 aromatic carbocycles. The van der Waals surface area contributed by atoms with Gasteiger partial charge in [0.25, 0.3) is 0 Å². The highest BCUT2D eigenvalue weighted by molar-refractivity contribution is 5.94. The number of nitrogen functional groups attached to an aromatic ring is 1. The first-order chi connectivity index (χ1) is 10.1. The van der Waals surface area contributed by atoms with Gasteiger partial charge in [0.15, 0.2) is 0 Å². The lowest BCUT2D eigenvalue weighted by Gasteiger charge is -2.10. The minimum absolute atomic E-state index is 0.527. The number of nitrogens with two attached hydrogens (primary N) is 1. The molecule has 0 saturated carbocycles. The third-order valence-corrected chi connectivity index (χ3v) is 3.63. The van der Waals surface area contributed by atoms with Crippen molar-refractivity contribution >= 4 is 16.7 Å². The molecule has 0 atom stereocenters. The maximum Gasteiger partial charge on any atom is 0.131 e. The van der Waals surface area contributed by atoms with Crippen LogP contribution in [0.4, 0.5) is 5.82 Å². The third kappa shape index (κ3) is 2.37. The van der Waals surface area contributed by atoms with Crippen LogP contribution in [0.2, 0.25) is 0 Å². The third-order valence-electron chi connectivity index (χ3n) is 3.63. The van der Waals surface area contributed by atoms with E-state index in [-0.39, 0.29) is 0 Å². The van der Waals surface area contributed by atoms with E-state index in [4.69, 9.17) is 5.73 Å². The summed E-state index contributed by atoms with van der Waals surface area (Å²) in [5, 5.41) is 1.10. The van der Waals surface area contributed by atoms with Crippen molar-refractivity contribution < 1.29 is 0 Å². The SMILES string of the molecule is Cc1nc(-c2cccc3cccnc23)c(N)n1CC(C)C. The van der Waals surface area contributed by atoms with E-state index in [1.165, 1.54) is 0 Å². The number of benzene rings is 1. The molecule has 3 rings (SSSR count). The summed E-state index contributed by atoms with van der Waals surface area (Å²) in [6.45, 7) is 7.24. The van der Waals surface area contributed by atoms with Crippen LogP contribution < -0.4 is 5.73 Å². The minimum atomic E-state index is 0.527. The van der Waals surface area contributed by atoms with Gasteiger partial charge in [0, 0.05) is 23.7 Å². The van der Waals surface area contributed by atoms with Gasteiger partial charge in [-0.1, -0.05) is 38.1 Å². The van der Waals surface area contributed by atoms with E-state index in [1.54, 1.807) is 6.20 Å². The first-order valence-electron chi connectivity index (χ1n) is 7.24. The Hall–Kier alpha value is -2.36. The van der Waals surface area contributed by atoms with Gasteiger partial charge in [-0.15, -0.1) is 0 Å². The average Bonchev–Trinajstić information content (AvgIpc) is 2.74. The summed E-state index contributed by atoms with van der Waals surface area (Å²) in [6, 6.07) is 10.1. The zero-order valence-electron chi connectivity index (χ0n) is 12.7. The number of para-hydroxylation sites is 1. The maximum absolute atomic E-state index is 6.35. The second-order valence-corrected chi connectivity index (χ2v) is 5.78. The molecule has 0 radical (unpaired) electrons. The molecular formula is C17H20N4. The Morgan fingerprint density at radius 1 is 1.19 bits per heavy atom. The van der Waals surface area contributed by atoms with E-state index in [2.05, 4.69) is 40.5 Å². The molecular weight excluding hydrogens is 260 g/mol. The summed E-state index contributed by atoms with van der Waals surface area (Å²) in [5.74, 6) is 2.20. The summed E-state index contributed by atoms with van der Waals surface area (Å²) in [4.78, 5) is 9.18. The number of anilines is 1. The molecule has 0 aliphatic carbocycles. The van der Waals surface area contributed by atoms with Crippen LogP contribution in [0.1, 0.15) is 19.7 Å². The monoisotopic (exact) mass is 280 g/mol. The number of imidazole rings is 1. The van der Waals surface area contributed by atoms with Gasteiger partial charge in [-0.25, -0.2) is 4.98 Å². The molecule has 0 bridgehead atoms. The van der Waals surface area contributed by atoms with Gasteiger partial charge in [-0.05, 0) is 18.9 Å². The van der Waals surface area contributed by atoms with Crippen LogP contribution in [0.25, 0.3) is 22.2 Å². The van der Waals surface area contributed by atoms with Crippen molar-refractivity contribution in [2.45, 2.75) is 27.3 Å². The minimum Gasteiger partial charge on any atom is -0.383 e. The highest BCUT2D eigenvalue weighted by Crippen LogP contribution is 2.31. The smallest absolute Gasteiger partial charge is 0.131 e. The number of rotatable bonds is 3. The van der Waals surface area contributed by atoms with E-state index in [0.29, 0.717) is 5.92 Å². The van der Waals surface area contributed by atoms with Crippen LogP contribution >= 0.6 is 0 Å². The lowest BCUT2D eigenvalue weighted by Crippen LogP contribution is -2.09. The molecule has 2 heterocycles. The Bertz CT molecular complexity index is 781. The molecule has 21 heavy (non-hydrogen) atoms. The molecule has 2 aromatic heterocycles. The first-order valence-corrected chi connectivity index (χ1v) is 7.24. The predicted molar refractivity (Wildman–Crippen MR) is 87.0 cm³/mol. The Morgan fingerprint density at radius 3 is 2.71 bits per heavy atom. The first kappa shape index (κ1) is 13.6. The highest BCUT2D eigenvalue weighted by atomic mass is 15.1. The molecule has 0 aliphatic heterocycles. The van der Waals surface area contributed by atoms with Crippen LogP contribution in [-0.4, -0.2) is 14.5 Å². The fourth-order valence-corrected chi connectivity index (χ4v) is 2.67. The van der Waals surface area contributed by atoms with E-state index < -0.39 is 0 Å². The zero-order valence-corrected chi connectivity index (χ0v) is 12.7. The summed E-state index contributed by atoms with van der Waals surface area (Å²) in [7, 11) is 0. The Labute approximate surface area is 124 Å². The molecule has 2 N–H and O–H groups in total. The molecule has 4 nitrogen and oxygen atoms in total. The summed E-state index contributed by atoms with van der Waals surface area (Å²) >= 11 is 0. The van der Waals surface area contributed by atoms with Crippen molar-refractivity contribution in [3.63, 3.8) is 0 Å². The van der Waals surface area contributed by atoms with E-state index in [9.17, 15) is 0 Å². The molecule has 0 saturated heterocycles. The quantitative estimate of drug-likeness (QED) is 0.796. The van der Waals surface area contributed by atoms with Crippen LogP contribution in [0.5, 0.6) is 0 Å². The van der Waals surface area contributed by atoms with E-state index in [0.717, 1.165) is 40.3 Å². The van der Waals surface area contributed by atoms with Crippen molar-refractivity contribution in [1.29, 1.82) is 0 Å². The number of aryl methyl sites for hydroxylation is 1. The van der Waals surface area contributed by atoms with Gasteiger partial charge in [-0.3, -0.25) is 4.98 Å². The van der Waals surface area contributed by atoms with Crippen LogP contribution in [-0.2, 0) is 6.54 Å². The normalized spacial score (nSPS) is 11.4. The summed E-state index contributed by atoms with van der Waals surface area (Å²) in [6.07, 6.45) is 1.81. The van der Waals surface area contributed by atoms with E-state index >= 15 is 0 Å². The molecule has 3 aromatic rings. The Kier molecular flexibility index (Phi) is 3.37. The molecule has 108 valence electrons. The zero-order chi connectivity index (χ0) is 15.0. The Morgan fingerprint density at radius 2 is 1.95 bits per heavy atom. The van der Waals surface area contributed by atoms with Gasteiger partial charge in [0.05, 0.1) is 5.52 Å². The van der Waals surface area contributed by atoms with Gasteiger partial charge < -0.3 is 10.3 Å². The van der Waals surface area contributed by atoms with Crippen molar-refractivity contribution in [2.75, 3.05) is 5.73 Å². The van der Waals surface area contributed by atoms with Crippen molar-refractivity contribution in [2.24, 2.45) is 5.92 Å².